The van der Waals surface area contributed by atoms with Gasteiger partial charge in [-0.2, -0.15) is 4.74 Å². The molecule has 1 aliphatic rings. The summed E-state index contributed by atoms with van der Waals surface area (Å²) in [6.07, 6.45) is 3.09. The zero-order valence-corrected chi connectivity index (χ0v) is 11.3. The smallest absolute Gasteiger partial charge is 0.318 e. The lowest BCUT2D eigenvalue weighted by Crippen LogP contribution is -2.37. The van der Waals surface area contributed by atoms with Gasteiger partial charge in [0, 0.05) is 6.04 Å². The largest absolute Gasteiger partial charge is 0.619 e. The predicted molar refractivity (Wildman–Crippen MR) is 75.4 cm³/mol. The third kappa shape index (κ3) is 3.21. The van der Waals surface area contributed by atoms with Crippen LogP contribution in [0.15, 0.2) is 12.3 Å². The first-order valence-electron chi connectivity index (χ1n) is 6.34. The van der Waals surface area contributed by atoms with Gasteiger partial charge in [-0.05, 0) is 33.0 Å². The highest BCUT2D eigenvalue weighted by atomic mass is 16.6. The van der Waals surface area contributed by atoms with Gasteiger partial charge >= 0.3 is 5.69 Å². The summed E-state index contributed by atoms with van der Waals surface area (Å²) in [6.45, 7) is 5.03. The number of anilines is 1. The fraction of sp³-hybridized carbons (Fsp3) is 0.500. The summed E-state index contributed by atoms with van der Waals surface area (Å²) in [5, 5.41) is 25.2. The molecular weight excluding hydrogens is 262 g/mol. The molecule has 1 aliphatic heterocycles. The van der Waals surface area contributed by atoms with Crippen molar-refractivity contribution in [2.45, 2.75) is 18.9 Å². The minimum Gasteiger partial charge on any atom is -0.619 e. The number of pyridine rings is 1. The maximum Gasteiger partial charge on any atom is 0.318 e. The molecule has 108 valence electrons. The van der Waals surface area contributed by atoms with Gasteiger partial charge in [0.25, 0.3) is 0 Å². The number of hydrogen-bond acceptors (Lipinski definition) is 6. The summed E-state index contributed by atoms with van der Waals surface area (Å²) < 4.78 is 0.305. The van der Waals surface area contributed by atoms with Crippen LogP contribution in [0.4, 0.5) is 17.2 Å². The van der Waals surface area contributed by atoms with Gasteiger partial charge in [-0.3, -0.25) is 10.1 Å². The van der Waals surface area contributed by atoms with Crippen molar-refractivity contribution in [3.63, 3.8) is 0 Å². The number of hydrogen-bond donors (Lipinski definition) is 1. The molecule has 1 fully saturated rings. The van der Waals surface area contributed by atoms with Gasteiger partial charge in [-0.15, -0.1) is 0 Å². The van der Waals surface area contributed by atoms with E-state index >= 15 is 0 Å². The fourth-order valence-corrected chi connectivity index (χ4v) is 2.18. The quantitative estimate of drug-likeness (QED) is 0.293. The standard InChI is InChI=1S/C12H17N5O3/c1-15-5-3-9(4-6-15)14-12-11(17(19)20)7-10(8-13-12)16(2)18/h7-9H,2-6H2,1H3,(H,13,14). The van der Waals surface area contributed by atoms with Crippen LogP contribution in [0, 0.1) is 15.3 Å². The molecule has 1 N–H and O–H groups in total. The highest BCUT2D eigenvalue weighted by Gasteiger charge is 2.23. The summed E-state index contributed by atoms with van der Waals surface area (Å²) >= 11 is 0. The van der Waals surface area contributed by atoms with Crippen molar-refractivity contribution in [1.29, 1.82) is 0 Å². The number of piperidine rings is 1. The van der Waals surface area contributed by atoms with Crippen molar-refractivity contribution in [3.8, 4) is 0 Å². The lowest BCUT2D eigenvalue weighted by molar-refractivity contribution is -0.386. The molecule has 1 aromatic rings. The normalized spacial score (nSPS) is 16.9. The molecule has 0 atom stereocenters. The van der Waals surface area contributed by atoms with Crippen LogP contribution in [-0.2, 0) is 0 Å². The fourth-order valence-electron chi connectivity index (χ4n) is 2.18. The Bertz CT molecular complexity index is 526. The van der Waals surface area contributed by atoms with Crippen LogP contribution in [-0.4, -0.2) is 52.4 Å². The summed E-state index contributed by atoms with van der Waals surface area (Å²) in [5.41, 5.74) is -0.142. The van der Waals surface area contributed by atoms with Crippen molar-refractivity contribution in [1.82, 2.24) is 9.88 Å². The minimum absolute atomic E-state index is 0.0608. The molecule has 1 saturated heterocycles. The van der Waals surface area contributed by atoms with Gasteiger partial charge in [0.05, 0.1) is 11.0 Å². The summed E-state index contributed by atoms with van der Waals surface area (Å²) in [7, 11) is 2.04. The van der Waals surface area contributed by atoms with E-state index in [1.807, 2.05) is 7.05 Å². The molecule has 0 aliphatic carbocycles. The second kappa shape index (κ2) is 5.83. The Kier molecular flexibility index (Phi) is 4.14. The number of aromatic nitrogens is 1. The Morgan fingerprint density at radius 3 is 2.65 bits per heavy atom. The van der Waals surface area contributed by atoms with Crippen molar-refractivity contribution in [2.75, 3.05) is 25.5 Å². The molecule has 0 unspecified atom stereocenters. The monoisotopic (exact) mass is 279 g/mol. The Balaban J connectivity index is 2.18. The van der Waals surface area contributed by atoms with Crippen molar-refractivity contribution in [2.24, 2.45) is 0 Å². The van der Waals surface area contributed by atoms with Crippen molar-refractivity contribution >= 4 is 23.9 Å². The van der Waals surface area contributed by atoms with E-state index in [1.165, 1.54) is 12.3 Å². The molecule has 0 saturated carbocycles. The average Bonchev–Trinajstić information content (AvgIpc) is 2.41. The number of nitrogens with one attached hydrogen (secondary N) is 1. The number of likely N-dealkylation sites (tertiary alicyclic amines) is 1. The van der Waals surface area contributed by atoms with Crippen LogP contribution < -0.4 is 5.32 Å². The summed E-state index contributed by atoms with van der Waals surface area (Å²) in [5.74, 6) is 0.204. The number of nitro groups is 1. The van der Waals surface area contributed by atoms with E-state index in [4.69, 9.17) is 0 Å². The van der Waals surface area contributed by atoms with E-state index in [1.54, 1.807) is 0 Å². The van der Waals surface area contributed by atoms with Crippen LogP contribution in [0.2, 0.25) is 0 Å². The van der Waals surface area contributed by atoms with Gasteiger partial charge in [0.15, 0.2) is 0 Å². The molecule has 8 nitrogen and oxygen atoms in total. The molecule has 0 spiro atoms. The topological polar surface area (TPSA) is 97.4 Å². The first kappa shape index (κ1) is 14.2. The first-order valence-corrected chi connectivity index (χ1v) is 6.34. The number of rotatable bonds is 4. The van der Waals surface area contributed by atoms with E-state index < -0.39 is 4.92 Å². The molecule has 0 aromatic carbocycles. The maximum absolute atomic E-state index is 11.1. The highest BCUT2D eigenvalue weighted by molar-refractivity contribution is 5.60. The third-order valence-electron chi connectivity index (χ3n) is 3.40. The average molecular weight is 279 g/mol. The first-order chi connectivity index (χ1) is 9.47. The molecule has 20 heavy (non-hydrogen) atoms. The molecular formula is C12H17N5O3. The third-order valence-corrected chi connectivity index (χ3v) is 3.40. The maximum atomic E-state index is 11.1. The number of nitrogens with zero attached hydrogens (tertiary/aromatic N) is 4. The predicted octanol–water partition coefficient (Wildman–Crippen LogP) is 1.34. The van der Waals surface area contributed by atoms with Gasteiger partial charge in [0.2, 0.25) is 11.5 Å². The van der Waals surface area contributed by atoms with E-state index in [9.17, 15) is 15.3 Å². The van der Waals surface area contributed by atoms with Crippen LogP contribution in [0.1, 0.15) is 12.8 Å². The van der Waals surface area contributed by atoms with Crippen LogP contribution in [0.5, 0.6) is 0 Å². The minimum atomic E-state index is -0.544. The van der Waals surface area contributed by atoms with Gasteiger partial charge in [0.1, 0.15) is 12.9 Å². The zero-order chi connectivity index (χ0) is 14.7. The Morgan fingerprint density at radius 2 is 2.10 bits per heavy atom. The van der Waals surface area contributed by atoms with E-state index in [0.717, 1.165) is 25.9 Å². The second-order valence-electron chi connectivity index (χ2n) is 4.92. The van der Waals surface area contributed by atoms with Gasteiger partial charge in [-0.25, -0.2) is 4.98 Å². The molecule has 0 amide bonds. The molecule has 1 aromatic heterocycles. The Labute approximate surface area is 116 Å². The summed E-state index contributed by atoms with van der Waals surface area (Å²) in [4.78, 5) is 16.7. The van der Waals surface area contributed by atoms with E-state index in [2.05, 4.69) is 21.9 Å². The van der Waals surface area contributed by atoms with E-state index in [0.29, 0.717) is 4.74 Å². The second-order valence-corrected chi connectivity index (χ2v) is 4.92. The Morgan fingerprint density at radius 1 is 1.45 bits per heavy atom. The molecule has 0 bridgehead atoms. The van der Waals surface area contributed by atoms with E-state index in [-0.39, 0.29) is 23.2 Å². The molecule has 8 heteroatoms. The van der Waals surface area contributed by atoms with Crippen molar-refractivity contribution < 1.29 is 9.66 Å². The molecule has 0 radical (unpaired) electrons. The lowest BCUT2D eigenvalue weighted by atomic mass is 10.1. The molecule has 2 heterocycles. The highest BCUT2D eigenvalue weighted by Crippen LogP contribution is 2.27. The van der Waals surface area contributed by atoms with Gasteiger partial charge < -0.3 is 15.4 Å². The summed E-state index contributed by atoms with van der Waals surface area (Å²) in [6, 6.07) is 1.34. The lowest BCUT2D eigenvalue weighted by Gasteiger charge is -2.29. The van der Waals surface area contributed by atoms with Crippen molar-refractivity contribution in [3.05, 3.63) is 27.6 Å². The van der Waals surface area contributed by atoms with Crippen LogP contribution in [0.3, 0.4) is 0 Å². The SMILES string of the molecule is C=[N+]([O-])c1cnc(NC2CCN(C)CC2)c([N+](=O)[O-])c1. The zero-order valence-electron chi connectivity index (χ0n) is 11.3. The van der Waals surface area contributed by atoms with Crippen LogP contribution in [0.25, 0.3) is 0 Å². The Hall–Kier alpha value is -2.22. The van der Waals surface area contributed by atoms with Gasteiger partial charge in [-0.1, -0.05) is 0 Å². The van der Waals surface area contributed by atoms with Crippen LogP contribution >= 0.6 is 0 Å². The molecule has 2 rings (SSSR count).